The van der Waals surface area contributed by atoms with Crippen LogP contribution in [0, 0.1) is 10.8 Å². The van der Waals surface area contributed by atoms with Crippen LogP contribution in [-0.2, 0) is 0 Å². The van der Waals surface area contributed by atoms with E-state index in [0.717, 1.165) is 19.3 Å². The fourth-order valence-corrected chi connectivity index (χ4v) is 2.03. The molecule has 66 valence electrons. The van der Waals surface area contributed by atoms with Crippen LogP contribution in [0.15, 0.2) is 0 Å². The van der Waals surface area contributed by atoms with Crippen LogP contribution < -0.4 is 0 Å². The first-order chi connectivity index (χ1) is 5.08. The topological polar surface area (TPSA) is 0 Å². The van der Waals surface area contributed by atoms with E-state index in [2.05, 4.69) is 20.8 Å². The molecule has 1 saturated carbocycles. The Bertz CT molecular complexity index is 134. The molecule has 1 aliphatic carbocycles. The van der Waals surface area contributed by atoms with Gasteiger partial charge in [-0.15, -0.1) is 0 Å². The zero-order valence-electron chi connectivity index (χ0n) is 7.91. The molecule has 0 saturated heterocycles. The average Bonchev–Trinajstić information content (AvgIpc) is 2.66. The molecule has 0 N–H and O–H groups in total. The van der Waals surface area contributed by atoms with E-state index in [0.29, 0.717) is 0 Å². The molecule has 0 atom stereocenters. The summed E-state index contributed by atoms with van der Waals surface area (Å²) in [4.78, 5) is 0. The van der Waals surface area contributed by atoms with Crippen LogP contribution in [-0.4, -0.2) is 6.67 Å². The van der Waals surface area contributed by atoms with E-state index >= 15 is 0 Å². The number of hydrogen-bond acceptors (Lipinski definition) is 0. The van der Waals surface area contributed by atoms with Gasteiger partial charge in [-0.2, -0.15) is 0 Å². The highest BCUT2D eigenvalue weighted by molar-refractivity contribution is 5.02. The van der Waals surface area contributed by atoms with E-state index in [9.17, 15) is 4.39 Å². The van der Waals surface area contributed by atoms with Crippen molar-refractivity contribution in [2.75, 3.05) is 6.67 Å². The Morgan fingerprint density at radius 2 is 1.91 bits per heavy atom. The summed E-state index contributed by atoms with van der Waals surface area (Å²) in [5.74, 6) is 0. The number of alkyl halides is 1. The molecule has 1 heteroatoms. The second-order valence-corrected chi connectivity index (χ2v) is 4.55. The summed E-state index contributed by atoms with van der Waals surface area (Å²) < 4.78 is 12.7. The molecule has 0 aromatic carbocycles. The minimum atomic E-state index is -0.111. The minimum absolute atomic E-state index is 0.0724. The Hall–Kier alpha value is -0.0700. The SMILES string of the molecule is CCCC(C)(C)C1(CF)CC1. The van der Waals surface area contributed by atoms with Gasteiger partial charge in [0, 0.05) is 5.41 Å². The molecule has 0 aromatic rings. The molecule has 1 aliphatic rings. The predicted octanol–water partition coefficient (Wildman–Crippen LogP) is 3.56. The predicted molar refractivity (Wildman–Crippen MR) is 46.3 cm³/mol. The van der Waals surface area contributed by atoms with E-state index in [1.54, 1.807) is 0 Å². The normalized spacial score (nSPS) is 21.8. The number of rotatable bonds is 4. The second kappa shape index (κ2) is 2.76. The third kappa shape index (κ3) is 1.43. The van der Waals surface area contributed by atoms with Gasteiger partial charge in [-0.3, -0.25) is 4.39 Å². The van der Waals surface area contributed by atoms with Crippen LogP contribution in [0.25, 0.3) is 0 Å². The fraction of sp³-hybridized carbons (Fsp3) is 1.00. The maximum absolute atomic E-state index is 12.7. The Kier molecular flexibility index (Phi) is 2.27. The van der Waals surface area contributed by atoms with Crippen molar-refractivity contribution in [3.63, 3.8) is 0 Å². The molecular weight excluding hydrogens is 139 g/mol. The lowest BCUT2D eigenvalue weighted by atomic mass is 9.73. The van der Waals surface area contributed by atoms with Gasteiger partial charge in [-0.1, -0.05) is 27.2 Å². The zero-order valence-corrected chi connectivity index (χ0v) is 7.91. The Labute approximate surface area is 69.2 Å². The largest absolute Gasteiger partial charge is 0.250 e. The van der Waals surface area contributed by atoms with Crippen LogP contribution in [0.2, 0.25) is 0 Å². The van der Waals surface area contributed by atoms with Gasteiger partial charge in [0.1, 0.15) is 0 Å². The zero-order chi connectivity index (χ0) is 8.54. The van der Waals surface area contributed by atoms with Gasteiger partial charge in [0.2, 0.25) is 0 Å². The Morgan fingerprint density at radius 3 is 2.18 bits per heavy atom. The van der Waals surface area contributed by atoms with Crippen molar-refractivity contribution in [3.05, 3.63) is 0 Å². The van der Waals surface area contributed by atoms with Crippen LogP contribution in [0.5, 0.6) is 0 Å². The molecule has 1 rings (SSSR count). The summed E-state index contributed by atoms with van der Waals surface area (Å²) in [6.07, 6.45) is 4.55. The highest BCUT2D eigenvalue weighted by Gasteiger charge is 2.53. The summed E-state index contributed by atoms with van der Waals surface area (Å²) in [6.45, 7) is 6.49. The molecular formula is C10H19F. The summed E-state index contributed by atoms with van der Waals surface area (Å²) >= 11 is 0. The van der Waals surface area contributed by atoms with Gasteiger partial charge in [-0.05, 0) is 24.7 Å². The Balaban J connectivity index is 2.56. The second-order valence-electron chi connectivity index (χ2n) is 4.55. The van der Waals surface area contributed by atoms with Crippen LogP contribution in [0.1, 0.15) is 46.5 Å². The monoisotopic (exact) mass is 158 g/mol. The van der Waals surface area contributed by atoms with Crippen LogP contribution in [0.3, 0.4) is 0 Å². The smallest absolute Gasteiger partial charge is 0.0955 e. The first kappa shape index (κ1) is 9.02. The summed E-state index contributed by atoms with van der Waals surface area (Å²) in [7, 11) is 0. The molecule has 0 heterocycles. The first-order valence-corrected chi connectivity index (χ1v) is 4.64. The number of hydrogen-bond donors (Lipinski definition) is 0. The lowest BCUT2D eigenvalue weighted by Crippen LogP contribution is -2.27. The van der Waals surface area contributed by atoms with Gasteiger partial charge in [0.15, 0.2) is 0 Å². The Morgan fingerprint density at radius 1 is 1.36 bits per heavy atom. The van der Waals surface area contributed by atoms with Crippen LogP contribution >= 0.6 is 0 Å². The molecule has 0 aliphatic heterocycles. The molecule has 0 unspecified atom stereocenters. The first-order valence-electron chi connectivity index (χ1n) is 4.64. The van der Waals surface area contributed by atoms with Gasteiger partial charge in [-0.25, -0.2) is 0 Å². The summed E-state index contributed by atoms with van der Waals surface area (Å²) in [5, 5.41) is 0. The van der Waals surface area contributed by atoms with E-state index in [1.165, 1.54) is 6.42 Å². The van der Waals surface area contributed by atoms with E-state index in [4.69, 9.17) is 0 Å². The maximum Gasteiger partial charge on any atom is 0.0955 e. The highest BCUT2D eigenvalue weighted by atomic mass is 19.1. The van der Waals surface area contributed by atoms with Gasteiger partial charge in [0.05, 0.1) is 6.67 Å². The van der Waals surface area contributed by atoms with Gasteiger partial charge < -0.3 is 0 Å². The molecule has 1 fully saturated rings. The quantitative estimate of drug-likeness (QED) is 0.587. The van der Waals surface area contributed by atoms with E-state index in [-0.39, 0.29) is 17.5 Å². The third-order valence-electron chi connectivity index (χ3n) is 3.42. The fourth-order valence-electron chi connectivity index (χ4n) is 2.03. The number of halogens is 1. The van der Waals surface area contributed by atoms with Crippen LogP contribution in [0.4, 0.5) is 4.39 Å². The van der Waals surface area contributed by atoms with Gasteiger partial charge >= 0.3 is 0 Å². The lowest BCUT2D eigenvalue weighted by molar-refractivity contribution is 0.132. The summed E-state index contributed by atoms with van der Waals surface area (Å²) in [6, 6.07) is 0. The van der Waals surface area contributed by atoms with Crippen molar-refractivity contribution in [2.45, 2.75) is 46.5 Å². The van der Waals surface area contributed by atoms with Crippen molar-refractivity contribution in [2.24, 2.45) is 10.8 Å². The average molecular weight is 158 g/mol. The van der Waals surface area contributed by atoms with E-state index < -0.39 is 0 Å². The molecule has 0 amide bonds. The van der Waals surface area contributed by atoms with Crippen molar-refractivity contribution in [1.29, 1.82) is 0 Å². The summed E-state index contributed by atoms with van der Waals surface area (Å²) in [5.41, 5.74) is 0.305. The third-order valence-corrected chi connectivity index (χ3v) is 3.42. The van der Waals surface area contributed by atoms with Crippen molar-refractivity contribution < 1.29 is 4.39 Å². The standard InChI is InChI=1S/C10H19F/c1-4-5-9(2,3)10(8-11)6-7-10/h4-8H2,1-3H3. The molecule has 0 bridgehead atoms. The lowest BCUT2D eigenvalue weighted by Gasteiger charge is -2.32. The highest BCUT2D eigenvalue weighted by Crippen LogP contribution is 2.60. The van der Waals surface area contributed by atoms with Crippen molar-refractivity contribution in [1.82, 2.24) is 0 Å². The molecule has 0 radical (unpaired) electrons. The maximum atomic E-state index is 12.7. The minimum Gasteiger partial charge on any atom is -0.250 e. The van der Waals surface area contributed by atoms with E-state index in [1.807, 2.05) is 0 Å². The van der Waals surface area contributed by atoms with Crippen molar-refractivity contribution >= 4 is 0 Å². The van der Waals surface area contributed by atoms with Crippen molar-refractivity contribution in [3.8, 4) is 0 Å². The molecule has 11 heavy (non-hydrogen) atoms. The molecule has 0 aromatic heterocycles. The molecule has 0 nitrogen and oxygen atoms in total. The molecule has 0 spiro atoms. The van der Waals surface area contributed by atoms with Gasteiger partial charge in [0.25, 0.3) is 0 Å².